The third kappa shape index (κ3) is 1.71. The molecule has 0 heterocycles. The molecule has 1 fully saturated rings. The molecule has 1 heteroatoms. The van der Waals surface area contributed by atoms with E-state index in [9.17, 15) is 5.11 Å². The van der Waals surface area contributed by atoms with Gasteiger partial charge < -0.3 is 5.11 Å². The average Bonchev–Trinajstić information content (AvgIpc) is 1.96. The number of hydrogen-bond acceptors (Lipinski definition) is 1. The van der Waals surface area contributed by atoms with E-state index < -0.39 is 0 Å². The number of rotatable bonds is 1. The second-order valence-electron chi connectivity index (χ2n) is 4.77. The van der Waals surface area contributed by atoms with E-state index in [1.54, 1.807) is 0 Å². The lowest BCUT2D eigenvalue weighted by atomic mass is 9.63. The van der Waals surface area contributed by atoms with Gasteiger partial charge in [-0.15, -0.1) is 6.58 Å². The fraction of sp³-hybridized carbons (Fsp3) is 0.818. The molecular weight excluding hydrogens is 148 g/mol. The summed E-state index contributed by atoms with van der Waals surface area (Å²) in [6.07, 6.45) is 3.70. The zero-order valence-corrected chi connectivity index (χ0v) is 8.38. The van der Waals surface area contributed by atoms with Crippen molar-refractivity contribution in [2.75, 3.05) is 0 Å². The van der Waals surface area contributed by atoms with Gasteiger partial charge in [-0.05, 0) is 30.1 Å². The maximum Gasteiger partial charge on any atom is 0.0551 e. The summed E-state index contributed by atoms with van der Waals surface area (Å²) in [5.74, 6) is 1.13. The molecule has 0 saturated heterocycles. The number of aliphatic hydroxyl groups is 1. The monoisotopic (exact) mass is 168 g/mol. The van der Waals surface area contributed by atoms with Crippen LogP contribution in [0.25, 0.3) is 0 Å². The van der Waals surface area contributed by atoms with Gasteiger partial charge in [-0.2, -0.15) is 0 Å². The molecule has 1 saturated carbocycles. The minimum Gasteiger partial charge on any atom is -0.393 e. The molecule has 0 radical (unpaired) electrons. The molecule has 0 aromatic heterocycles. The van der Waals surface area contributed by atoms with Crippen LogP contribution in [0.2, 0.25) is 0 Å². The largest absolute Gasteiger partial charge is 0.393 e. The van der Waals surface area contributed by atoms with Crippen LogP contribution in [0.15, 0.2) is 12.7 Å². The second kappa shape index (κ2) is 3.21. The van der Waals surface area contributed by atoms with Crippen LogP contribution in [0, 0.1) is 17.3 Å². The first-order valence-corrected chi connectivity index (χ1v) is 4.78. The van der Waals surface area contributed by atoms with Gasteiger partial charge in [-0.1, -0.05) is 26.8 Å². The Balaban J connectivity index is 2.75. The van der Waals surface area contributed by atoms with Crippen LogP contribution in [0.5, 0.6) is 0 Å². The topological polar surface area (TPSA) is 20.2 Å². The zero-order valence-electron chi connectivity index (χ0n) is 8.38. The first kappa shape index (κ1) is 9.79. The Kier molecular flexibility index (Phi) is 2.62. The van der Waals surface area contributed by atoms with Crippen molar-refractivity contribution in [3.05, 3.63) is 12.7 Å². The Bertz CT molecular complexity index is 172. The Labute approximate surface area is 75.5 Å². The van der Waals surface area contributed by atoms with Gasteiger partial charge in [0.15, 0.2) is 0 Å². The van der Waals surface area contributed by atoms with Crippen LogP contribution in [0.1, 0.15) is 33.6 Å². The summed E-state index contributed by atoms with van der Waals surface area (Å²) in [5.41, 5.74) is 0.260. The summed E-state index contributed by atoms with van der Waals surface area (Å²) in [4.78, 5) is 0. The van der Waals surface area contributed by atoms with Gasteiger partial charge in [0.2, 0.25) is 0 Å². The van der Waals surface area contributed by atoms with Crippen LogP contribution in [0.3, 0.4) is 0 Å². The van der Waals surface area contributed by atoms with Crippen molar-refractivity contribution >= 4 is 0 Å². The van der Waals surface area contributed by atoms with Gasteiger partial charge >= 0.3 is 0 Å². The normalized spacial score (nSPS) is 40.8. The van der Waals surface area contributed by atoms with E-state index in [4.69, 9.17) is 0 Å². The highest BCUT2D eigenvalue weighted by Gasteiger charge is 2.38. The molecule has 1 nitrogen and oxygen atoms in total. The lowest BCUT2D eigenvalue weighted by molar-refractivity contribution is 0.00512. The molecule has 1 aliphatic rings. The highest BCUT2D eigenvalue weighted by atomic mass is 16.3. The number of allylic oxidation sites excluding steroid dienone is 1. The lowest BCUT2D eigenvalue weighted by Gasteiger charge is -2.43. The van der Waals surface area contributed by atoms with Crippen molar-refractivity contribution < 1.29 is 5.11 Å². The fourth-order valence-electron chi connectivity index (χ4n) is 2.27. The fourth-order valence-corrected chi connectivity index (χ4v) is 2.27. The Morgan fingerprint density at radius 2 is 2.08 bits per heavy atom. The Morgan fingerprint density at radius 3 is 2.58 bits per heavy atom. The van der Waals surface area contributed by atoms with Crippen molar-refractivity contribution in [2.24, 2.45) is 17.3 Å². The first-order valence-electron chi connectivity index (χ1n) is 4.78. The van der Waals surface area contributed by atoms with Crippen LogP contribution in [0.4, 0.5) is 0 Å². The summed E-state index contributed by atoms with van der Waals surface area (Å²) >= 11 is 0. The Hall–Kier alpha value is -0.300. The van der Waals surface area contributed by atoms with E-state index in [1.165, 1.54) is 0 Å². The van der Waals surface area contributed by atoms with Gasteiger partial charge in [0, 0.05) is 0 Å². The summed E-state index contributed by atoms with van der Waals surface area (Å²) in [6, 6.07) is 0. The van der Waals surface area contributed by atoms with Gasteiger partial charge in [-0.3, -0.25) is 0 Å². The molecule has 1 rings (SSSR count). The predicted molar refractivity (Wildman–Crippen MR) is 51.9 cm³/mol. The molecule has 0 amide bonds. The smallest absolute Gasteiger partial charge is 0.0551 e. The van der Waals surface area contributed by atoms with Gasteiger partial charge in [0.05, 0.1) is 6.10 Å². The molecule has 3 unspecified atom stereocenters. The molecule has 0 spiro atoms. The summed E-state index contributed by atoms with van der Waals surface area (Å²) in [7, 11) is 0. The van der Waals surface area contributed by atoms with E-state index >= 15 is 0 Å². The van der Waals surface area contributed by atoms with Crippen molar-refractivity contribution in [2.45, 2.75) is 39.7 Å². The van der Waals surface area contributed by atoms with E-state index in [0.717, 1.165) is 12.8 Å². The highest BCUT2D eigenvalue weighted by Crippen LogP contribution is 2.43. The van der Waals surface area contributed by atoms with Crippen LogP contribution in [-0.4, -0.2) is 11.2 Å². The second-order valence-corrected chi connectivity index (χ2v) is 4.77. The van der Waals surface area contributed by atoms with Gasteiger partial charge in [0.25, 0.3) is 0 Å². The number of aliphatic hydroxyl groups excluding tert-OH is 1. The van der Waals surface area contributed by atoms with Crippen LogP contribution in [-0.2, 0) is 0 Å². The van der Waals surface area contributed by atoms with E-state index in [-0.39, 0.29) is 11.5 Å². The molecule has 0 aromatic carbocycles. The summed E-state index contributed by atoms with van der Waals surface area (Å²) in [5, 5.41) is 9.62. The minimum absolute atomic E-state index is 0.126. The molecule has 0 aliphatic heterocycles. The third-order valence-electron chi connectivity index (χ3n) is 3.48. The zero-order chi connectivity index (χ0) is 9.35. The quantitative estimate of drug-likeness (QED) is 0.597. The standard InChI is InChI=1S/C11H20O/c1-5-9-6-10(12)7-11(3,4)8(9)2/h5,8-10,12H,1,6-7H2,2-4H3. The SMILES string of the molecule is C=CC1CC(O)CC(C)(C)C1C. The highest BCUT2D eigenvalue weighted by molar-refractivity contribution is 4.96. The first-order chi connectivity index (χ1) is 5.47. The van der Waals surface area contributed by atoms with Crippen LogP contribution >= 0.6 is 0 Å². The maximum absolute atomic E-state index is 9.62. The molecule has 0 aromatic rings. The van der Waals surface area contributed by atoms with E-state index in [2.05, 4.69) is 27.4 Å². The van der Waals surface area contributed by atoms with Crippen molar-refractivity contribution in [1.29, 1.82) is 0 Å². The number of hydrogen-bond donors (Lipinski definition) is 1. The third-order valence-corrected chi connectivity index (χ3v) is 3.48. The van der Waals surface area contributed by atoms with E-state index in [1.807, 2.05) is 6.08 Å². The van der Waals surface area contributed by atoms with Crippen LogP contribution < -0.4 is 0 Å². The molecule has 0 bridgehead atoms. The van der Waals surface area contributed by atoms with Crippen molar-refractivity contribution in [3.8, 4) is 0 Å². The van der Waals surface area contributed by atoms with E-state index in [0.29, 0.717) is 11.8 Å². The molecule has 3 atom stereocenters. The molecular formula is C11H20O. The average molecular weight is 168 g/mol. The summed E-state index contributed by atoms with van der Waals surface area (Å²) < 4.78 is 0. The molecule has 1 aliphatic carbocycles. The Morgan fingerprint density at radius 1 is 1.50 bits per heavy atom. The molecule has 70 valence electrons. The van der Waals surface area contributed by atoms with Crippen molar-refractivity contribution in [3.63, 3.8) is 0 Å². The van der Waals surface area contributed by atoms with Crippen molar-refractivity contribution in [1.82, 2.24) is 0 Å². The lowest BCUT2D eigenvalue weighted by Crippen LogP contribution is -2.38. The van der Waals surface area contributed by atoms with Gasteiger partial charge in [-0.25, -0.2) is 0 Å². The predicted octanol–water partition coefficient (Wildman–Crippen LogP) is 2.61. The summed E-state index contributed by atoms with van der Waals surface area (Å²) in [6.45, 7) is 10.6. The molecule has 12 heavy (non-hydrogen) atoms. The minimum atomic E-state index is -0.126. The molecule has 1 N–H and O–H groups in total. The maximum atomic E-state index is 9.62. The van der Waals surface area contributed by atoms with Gasteiger partial charge in [0.1, 0.15) is 0 Å².